The molecule has 1 N–H and O–H groups in total. The van der Waals surface area contributed by atoms with Gasteiger partial charge in [0.2, 0.25) is 5.91 Å². The molecule has 2 amide bonds. The summed E-state index contributed by atoms with van der Waals surface area (Å²) in [6.07, 6.45) is 7.08. The van der Waals surface area contributed by atoms with Crippen molar-refractivity contribution in [3.8, 4) is 0 Å². The van der Waals surface area contributed by atoms with Crippen molar-refractivity contribution in [3.63, 3.8) is 0 Å². The Hall–Kier alpha value is -2.63. The van der Waals surface area contributed by atoms with Gasteiger partial charge in [-0.1, -0.05) is 13.0 Å². The van der Waals surface area contributed by atoms with Gasteiger partial charge in [0.1, 0.15) is 5.76 Å². The Balaban J connectivity index is 1.49. The molecule has 0 unspecified atom stereocenters. The summed E-state index contributed by atoms with van der Waals surface area (Å²) in [6, 6.07) is 5.52. The third kappa shape index (κ3) is 4.07. The van der Waals surface area contributed by atoms with Crippen LogP contribution in [0.3, 0.4) is 0 Å². The minimum absolute atomic E-state index is 0.000168. The van der Waals surface area contributed by atoms with E-state index in [1.165, 1.54) is 0 Å². The van der Waals surface area contributed by atoms with E-state index in [4.69, 9.17) is 4.42 Å². The summed E-state index contributed by atoms with van der Waals surface area (Å²) in [5.74, 6) is 0.727. The number of likely N-dealkylation sites (tertiary alicyclic amines) is 1. The number of nitrogens with one attached hydrogen (secondary N) is 1. The smallest absolute Gasteiger partial charge is 0.257 e. The molecule has 25 heavy (non-hydrogen) atoms. The van der Waals surface area contributed by atoms with E-state index >= 15 is 0 Å². The topological polar surface area (TPSA) is 75.4 Å². The number of carbonyl (C=O) groups excluding carboxylic acids is 2. The van der Waals surface area contributed by atoms with Crippen LogP contribution in [-0.4, -0.2) is 34.8 Å². The van der Waals surface area contributed by atoms with Crippen LogP contribution in [0.4, 0.5) is 0 Å². The molecule has 6 heteroatoms. The van der Waals surface area contributed by atoms with Gasteiger partial charge in [0, 0.05) is 44.4 Å². The van der Waals surface area contributed by atoms with Crippen LogP contribution in [0.15, 0.2) is 41.3 Å². The molecule has 132 valence electrons. The Morgan fingerprint density at radius 3 is 2.80 bits per heavy atom. The number of nitrogens with zero attached hydrogens (tertiary/aromatic N) is 2. The summed E-state index contributed by atoms with van der Waals surface area (Å²) in [5, 5.41) is 2.96. The summed E-state index contributed by atoms with van der Waals surface area (Å²) < 4.78 is 5.34. The molecule has 0 bridgehead atoms. The molecular weight excluding hydrogens is 318 g/mol. The maximum Gasteiger partial charge on any atom is 0.257 e. The van der Waals surface area contributed by atoms with Crippen molar-refractivity contribution in [1.29, 1.82) is 0 Å². The van der Waals surface area contributed by atoms with Gasteiger partial charge in [0.05, 0.1) is 11.8 Å². The van der Waals surface area contributed by atoms with Crippen LogP contribution in [0.5, 0.6) is 0 Å². The van der Waals surface area contributed by atoms with Gasteiger partial charge in [-0.15, -0.1) is 0 Å². The second-order valence-corrected chi connectivity index (χ2v) is 6.26. The van der Waals surface area contributed by atoms with Gasteiger partial charge in [0.15, 0.2) is 0 Å². The van der Waals surface area contributed by atoms with Crippen LogP contribution in [0.1, 0.15) is 41.4 Å². The molecule has 0 aromatic carbocycles. The van der Waals surface area contributed by atoms with Crippen molar-refractivity contribution >= 4 is 11.8 Å². The van der Waals surface area contributed by atoms with Crippen molar-refractivity contribution in [1.82, 2.24) is 15.2 Å². The van der Waals surface area contributed by atoms with E-state index in [2.05, 4.69) is 10.3 Å². The SMILES string of the molecule is CCc1occc1C(=O)N1CCC(C(=O)NCc2cccnc2)CC1. The van der Waals surface area contributed by atoms with E-state index in [0.717, 1.165) is 11.3 Å². The number of piperidine rings is 1. The maximum atomic E-state index is 12.6. The van der Waals surface area contributed by atoms with E-state index in [1.807, 2.05) is 24.0 Å². The average Bonchev–Trinajstić information content (AvgIpc) is 3.15. The number of rotatable bonds is 5. The number of aromatic nitrogens is 1. The van der Waals surface area contributed by atoms with Crippen LogP contribution >= 0.6 is 0 Å². The minimum Gasteiger partial charge on any atom is -0.469 e. The number of aryl methyl sites for hydroxylation is 1. The maximum absolute atomic E-state index is 12.6. The lowest BCUT2D eigenvalue weighted by Crippen LogP contribution is -2.43. The van der Waals surface area contributed by atoms with Crippen molar-refractivity contribution in [2.45, 2.75) is 32.7 Å². The molecule has 0 atom stereocenters. The third-order valence-corrected chi connectivity index (χ3v) is 4.64. The zero-order chi connectivity index (χ0) is 17.6. The van der Waals surface area contributed by atoms with Crippen molar-refractivity contribution in [2.24, 2.45) is 5.92 Å². The highest BCUT2D eigenvalue weighted by molar-refractivity contribution is 5.95. The molecule has 1 fully saturated rings. The molecule has 1 saturated heterocycles. The Labute approximate surface area is 147 Å². The van der Waals surface area contributed by atoms with Crippen LogP contribution in [0, 0.1) is 5.92 Å². The molecule has 0 spiro atoms. The van der Waals surface area contributed by atoms with E-state index in [0.29, 0.717) is 44.5 Å². The monoisotopic (exact) mass is 341 g/mol. The molecule has 2 aromatic rings. The molecule has 3 rings (SSSR count). The third-order valence-electron chi connectivity index (χ3n) is 4.64. The lowest BCUT2D eigenvalue weighted by atomic mass is 9.95. The molecule has 0 saturated carbocycles. The number of carbonyl (C=O) groups is 2. The molecule has 0 aliphatic carbocycles. The first-order valence-electron chi connectivity index (χ1n) is 8.71. The normalized spacial score (nSPS) is 15.2. The van der Waals surface area contributed by atoms with E-state index in [-0.39, 0.29) is 17.7 Å². The summed E-state index contributed by atoms with van der Waals surface area (Å²) in [5.41, 5.74) is 1.62. The molecule has 3 heterocycles. The van der Waals surface area contributed by atoms with Gasteiger partial charge in [-0.05, 0) is 30.5 Å². The largest absolute Gasteiger partial charge is 0.469 e. The minimum atomic E-state index is -0.0456. The summed E-state index contributed by atoms with van der Waals surface area (Å²) >= 11 is 0. The predicted molar refractivity (Wildman–Crippen MR) is 92.8 cm³/mol. The molecule has 1 aliphatic heterocycles. The lowest BCUT2D eigenvalue weighted by molar-refractivity contribution is -0.126. The van der Waals surface area contributed by atoms with Crippen LogP contribution in [-0.2, 0) is 17.8 Å². The van der Waals surface area contributed by atoms with Crippen molar-refractivity contribution < 1.29 is 14.0 Å². The number of hydrogen-bond donors (Lipinski definition) is 1. The first-order valence-corrected chi connectivity index (χ1v) is 8.71. The highest BCUT2D eigenvalue weighted by Gasteiger charge is 2.29. The molecule has 6 nitrogen and oxygen atoms in total. The summed E-state index contributed by atoms with van der Waals surface area (Å²) in [6.45, 7) is 3.64. The van der Waals surface area contributed by atoms with Crippen LogP contribution in [0.25, 0.3) is 0 Å². The van der Waals surface area contributed by atoms with Gasteiger partial charge in [-0.25, -0.2) is 0 Å². The molecular formula is C19H23N3O3. The van der Waals surface area contributed by atoms with Crippen LogP contribution in [0.2, 0.25) is 0 Å². The number of furan rings is 1. The fourth-order valence-corrected chi connectivity index (χ4v) is 3.16. The Morgan fingerprint density at radius 1 is 1.32 bits per heavy atom. The highest BCUT2D eigenvalue weighted by atomic mass is 16.3. The Kier molecular flexibility index (Phi) is 5.48. The number of pyridine rings is 1. The van der Waals surface area contributed by atoms with Gasteiger partial charge < -0.3 is 14.6 Å². The first-order chi connectivity index (χ1) is 12.2. The second kappa shape index (κ2) is 7.96. The van der Waals surface area contributed by atoms with Gasteiger partial charge in [0.25, 0.3) is 5.91 Å². The second-order valence-electron chi connectivity index (χ2n) is 6.26. The van der Waals surface area contributed by atoms with Gasteiger partial charge in [-0.3, -0.25) is 14.6 Å². The van der Waals surface area contributed by atoms with Crippen molar-refractivity contribution in [2.75, 3.05) is 13.1 Å². The Bertz CT molecular complexity index is 719. The summed E-state index contributed by atoms with van der Waals surface area (Å²) in [4.78, 5) is 30.8. The average molecular weight is 341 g/mol. The van der Waals surface area contributed by atoms with Gasteiger partial charge in [-0.2, -0.15) is 0 Å². The molecule has 1 aliphatic rings. The summed E-state index contributed by atoms with van der Waals surface area (Å²) in [7, 11) is 0. The lowest BCUT2D eigenvalue weighted by Gasteiger charge is -2.31. The first kappa shape index (κ1) is 17.2. The predicted octanol–water partition coefficient (Wildman–Crippen LogP) is 2.41. The van der Waals surface area contributed by atoms with E-state index in [9.17, 15) is 9.59 Å². The van der Waals surface area contributed by atoms with Gasteiger partial charge >= 0.3 is 0 Å². The van der Waals surface area contributed by atoms with E-state index in [1.54, 1.807) is 24.7 Å². The quantitative estimate of drug-likeness (QED) is 0.906. The highest BCUT2D eigenvalue weighted by Crippen LogP contribution is 2.21. The number of amides is 2. The zero-order valence-corrected chi connectivity index (χ0v) is 14.4. The zero-order valence-electron chi connectivity index (χ0n) is 14.4. The fourth-order valence-electron chi connectivity index (χ4n) is 3.16. The van der Waals surface area contributed by atoms with E-state index < -0.39 is 0 Å². The number of hydrogen-bond acceptors (Lipinski definition) is 4. The van der Waals surface area contributed by atoms with Crippen molar-refractivity contribution in [3.05, 3.63) is 53.7 Å². The Morgan fingerprint density at radius 2 is 2.12 bits per heavy atom. The molecule has 2 aromatic heterocycles. The van der Waals surface area contributed by atoms with Crippen LogP contribution < -0.4 is 5.32 Å². The standard InChI is InChI=1S/C19H23N3O3/c1-2-17-16(7-11-25-17)19(24)22-9-5-15(6-10-22)18(23)21-13-14-4-3-8-20-12-14/h3-4,7-8,11-12,15H,2,5-6,9-10,13H2,1H3,(H,21,23). The molecule has 0 radical (unpaired) electrons. The fraction of sp³-hybridized carbons (Fsp3) is 0.421.